The molecule has 0 bridgehead atoms. The molecule has 0 unspecified atom stereocenters. The fourth-order valence-corrected chi connectivity index (χ4v) is 4.43. The first-order chi connectivity index (χ1) is 17.3. The van der Waals surface area contributed by atoms with E-state index < -0.39 is 12.1 Å². The molecule has 8 heteroatoms. The van der Waals surface area contributed by atoms with Gasteiger partial charge < -0.3 is 4.74 Å². The quantitative estimate of drug-likeness (QED) is 0.329. The maximum Gasteiger partial charge on any atom is 0.471 e. The molecule has 1 amide bonds. The van der Waals surface area contributed by atoms with Gasteiger partial charge in [-0.3, -0.25) is 19.5 Å². The molecule has 1 aliphatic carbocycles. The number of nitrogens with zero attached hydrogens (tertiary/aromatic N) is 2. The third-order valence-corrected chi connectivity index (χ3v) is 6.37. The van der Waals surface area contributed by atoms with Gasteiger partial charge in [0, 0.05) is 29.6 Å². The van der Waals surface area contributed by atoms with Crippen LogP contribution in [0.4, 0.5) is 18.9 Å². The predicted molar refractivity (Wildman–Crippen MR) is 130 cm³/mol. The Kier molecular flexibility index (Phi) is 8.03. The molecule has 1 fully saturated rings. The molecule has 0 radical (unpaired) electrons. The van der Waals surface area contributed by atoms with Crippen molar-refractivity contribution in [1.82, 2.24) is 4.98 Å². The van der Waals surface area contributed by atoms with Crippen LogP contribution in [0.3, 0.4) is 0 Å². The lowest BCUT2D eigenvalue weighted by Gasteiger charge is -2.25. The molecule has 1 heterocycles. The van der Waals surface area contributed by atoms with Crippen molar-refractivity contribution < 1.29 is 27.5 Å². The van der Waals surface area contributed by atoms with Crippen LogP contribution in [0.2, 0.25) is 0 Å². The van der Waals surface area contributed by atoms with Crippen molar-refractivity contribution in [2.75, 3.05) is 4.90 Å². The van der Waals surface area contributed by atoms with Crippen LogP contribution in [0.1, 0.15) is 65.2 Å². The van der Waals surface area contributed by atoms with Gasteiger partial charge in [0.15, 0.2) is 6.29 Å². The fraction of sp³-hybridized carbons (Fsp3) is 0.321. The highest BCUT2D eigenvalue weighted by Gasteiger charge is 2.43. The van der Waals surface area contributed by atoms with Crippen LogP contribution in [0.15, 0.2) is 66.9 Å². The zero-order valence-electron chi connectivity index (χ0n) is 19.7. The van der Waals surface area contributed by atoms with Gasteiger partial charge in [-0.05, 0) is 42.2 Å². The van der Waals surface area contributed by atoms with E-state index in [1.165, 1.54) is 30.8 Å². The minimum atomic E-state index is -5.08. The standard InChI is InChI=1S/C28H27F3N2O3/c29-28(30,31)27(35)33(17-21-11-14-25(32-16-21)22-9-5-2-6-10-22)24-13-12-23(18-34)26(15-24)36-19-20-7-3-1-4-8-20/h1,3-4,7-8,11-16,18,22H,2,5-6,9-10,17,19H2. The van der Waals surface area contributed by atoms with Gasteiger partial charge in [-0.15, -0.1) is 0 Å². The number of carbonyl (C=O) groups excluding carboxylic acids is 2. The van der Waals surface area contributed by atoms with Gasteiger partial charge in [0.2, 0.25) is 0 Å². The Hall–Kier alpha value is -3.68. The Morgan fingerprint density at radius 1 is 1.00 bits per heavy atom. The Balaban J connectivity index is 1.59. The molecule has 1 aromatic heterocycles. The third kappa shape index (κ3) is 6.30. The summed E-state index contributed by atoms with van der Waals surface area (Å²) in [6.07, 6.45) is 2.63. The van der Waals surface area contributed by atoms with Gasteiger partial charge in [0.25, 0.3) is 0 Å². The van der Waals surface area contributed by atoms with Crippen molar-refractivity contribution in [3.63, 3.8) is 0 Å². The van der Waals surface area contributed by atoms with Gasteiger partial charge >= 0.3 is 12.1 Å². The van der Waals surface area contributed by atoms with Crippen LogP contribution >= 0.6 is 0 Å². The molecule has 0 spiro atoms. The van der Waals surface area contributed by atoms with Gasteiger partial charge in [-0.1, -0.05) is 55.7 Å². The Morgan fingerprint density at radius 3 is 2.39 bits per heavy atom. The number of hydrogen-bond acceptors (Lipinski definition) is 4. The molecular formula is C28H27F3N2O3. The van der Waals surface area contributed by atoms with Crippen LogP contribution in [-0.4, -0.2) is 23.4 Å². The van der Waals surface area contributed by atoms with Crippen molar-refractivity contribution in [3.05, 3.63) is 89.2 Å². The molecule has 0 saturated heterocycles. The number of hydrogen-bond donors (Lipinski definition) is 0. The van der Waals surface area contributed by atoms with E-state index in [9.17, 15) is 22.8 Å². The number of rotatable bonds is 8. The number of amides is 1. The number of carbonyl (C=O) groups is 2. The van der Waals surface area contributed by atoms with E-state index in [4.69, 9.17) is 4.74 Å². The molecule has 4 rings (SSSR count). The summed E-state index contributed by atoms with van der Waals surface area (Å²) in [5.41, 5.74) is 2.37. The second-order valence-electron chi connectivity index (χ2n) is 8.93. The van der Waals surface area contributed by atoms with Gasteiger partial charge in [-0.25, -0.2) is 0 Å². The largest absolute Gasteiger partial charge is 0.488 e. The summed E-state index contributed by atoms with van der Waals surface area (Å²) in [7, 11) is 0. The zero-order chi connectivity index (χ0) is 25.5. The zero-order valence-corrected chi connectivity index (χ0v) is 19.7. The summed E-state index contributed by atoms with van der Waals surface area (Å²) in [6.45, 7) is -0.209. The predicted octanol–water partition coefficient (Wildman–Crippen LogP) is 6.62. The second kappa shape index (κ2) is 11.4. The number of aldehydes is 1. The molecule has 5 nitrogen and oxygen atoms in total. The molecular weight excluding hydrogens is 469 g/mol. The highest BCUT2D eigenvalue weighted by Crippen LogP contribution is 2.33. The van der Waals surface area contributed by atoms with Crippen molar-refractivity contribution in [2.24, 2.45) is 0 Å². The SMILES string of the molecule is O=Cc1ccc(N(Cc2ccc(C3CCCCC3)nc2)C(=O)C(F)(F)F)cc1OCc1ccccc1. The van der Waals surface area contributed by atoms with Gasteiger partial charge in [0.05, 0.1) is 12.1 Å². The highest BCUT2D eigenvalue weighted by molar-refractivity contribution is 5.98. The Bertz CT molecular complexity index is 1170. The van der Waals surface area contributed by atoms with Gasteiger partial charge in [0.1, 0.15) is 12.4 Å². The van der Waals surface area contributed by atoms with Crippen molar-refractivity contribution in [3.8, 4) is 5.75 Å². The number of anilines is 1. The monoisotopic (exact) mass is 496 g/mol. The Morgan fingerprint density at radius 2 is 1.75 bits per heavy atom. The summed E-state index contributed by atoms with van der Waals surface area (Å²) in [4.78, 5) is 29.0. The van der Waals surface area contributed by atoms with Crippen LogP contribution in [-0.2, 0) is 17.9 Å². The van der Waals surface area contributed by atoms with E-state index in [0.29, 0.717) is 22.7 Å². The first-order valence-corrected chi connectivity index (χ1v) is 11.9. The van der Waals surface area contributed by atoms with Crippen molar-refractivity contribution >= 4 is 17.9 Å². The average Bonchev–Trinajstić information content (AvgIpc) is 2.91. The lowest BCUT2D eigenvalue weighted by atomic mass is 9.86. The smallest absolute Gasteiger partial charge is 0.471 e. The molecule has 0 N–H and O–H groups in total. The minimum absolute atomic E-state index is 0.0256. The molecule has 36 heavy (non-hydrogen) atoms. The summed E-state index contributed by atoms with van der Waals surface area (Å²) in [6, 6.07) is 16.7. The lowest BCUT2D eigenvalue weighted by molar-refractivity contribution is -0.170. The van der Waals surface area contributed by atoms with Crippen LogP contribution in [0, 0.1) is 0 Å². The number of halogens is 3. The lowest BCUT2D eigenvalue weighted by Crippen LogP contribution is -2.40. The number of ether oxygens (including phenoxy) is 1. The van der Waals surface area contributed by atoms with Crippen LogP contribution in [0.5, 0.6) is 5.75 Å². The van der Waals surface area contributed by atoms with E-state index >= 15 is 0 Å². The van der Waals surface area contributed by atoms with Gasteiger partial charge in [-0.2, -0.15) is 13.2 Å². The van der Waals surface area contributed by atoms with Crippen LogP contribution in [0.25, 0.3) is 0 Å². The first-order valence-electron chi connectivity index (χ1n) is 11.9. The minimum Gasteiger partial charge on any atom is -0.488 e. The normalized spacial score (nSPS) is 14.3. The number of alkyl halides is 3. The first kappa shape index (κ1) is 25.4. The second-order valence-corrected chi connectivity index (χ2v) is 8.93. The maximum absolute atomic E-state index is 13.5. The highest BCUT2D eigenvalue weighted by atomic mass is 19.4. The molecule has 0 aliphatic heterocycles. The number of pyridine rings is 1. The topological polar surface area (TPSA) is 59.5 Å². The molecule has 0 atom stereocenters. The number of benzene rings is 2. The molecule has 1 aliphatic rings. The molecule has 2 aromatic carbocycles. The molecule has 1 saturated carbocycles. The number of aromatic nitrogens is 1. The summed E-state index contributed by atoms with van der Waals surface area (Å²) in [5, 5.41) is 0. The summed E-state index contributed by atoms with van der Waals surface area (Å²) < 4.78 is 46.3. The van der Waals surface area contributed by atoms with E-state index in [1.807, 2.05) is 36.4 Å². The maximum atomic E-state index is 13.5. The van der Waals surface area contributed by atoms with Crippen molar-refractivity contribution in [2.45, 2.75) is 57.3 Å². The van der Waals surface area contributed by atoms with E-state index in [1.54, 1.807) is 6.07 Å². The van der Waals surface area contributed by atoms with Crippen LogP contribution < -0.4 is 9.64 Å². The molecule has 3 aromatic rings. The third-order valence-electron chi connectivity index (χ3n) is 6.37. The fourth-order valence-electron chi connectivity index (χ4n) is 4.43. The Labute approximate surface area is 207 Å². The van der Waals surface area contributed by atoms with Crippen molar-refractivity contribution in [1.29, 1.82) is 0 Å². The van der Waals surface area contributed by atoms with E-state index in [-0.39, 0.29) is 30.2 Å². The summed E-state index contributed by atoms with van der Waals surface area (Å²) >= 11 is 0. The van der Waals surface area contributed by atoms with E-state index in [0.717, 1.165) is 36.9 Å². The summed E-state index contributed by atoms with van der Waals surface area (Å²) in [5.74, 6) is -1.55. The van der Waals surface area contributed by atoms with E-state index in [2.05, 4.69) is 4.98 Å². The molecule has 188 valence electrons. The average molecular weight is 497 g/mol.